The van der Waals surface area contributed by atoms with E-state index in [1.165, 1.54) is 89.9 Å². The van der Waals surface area contributed by atoms with Gasteiger partial charge in [0.25, 0.3) is 0 Å². The normalized spacial score (nSPS) is 11.3. The molecule has 0 fully saturated rings. The Morgan fingerprint density at radius 2 is 0.905 bits per heavy atom. The minimum atomic E-state index is 0.744. The van der Waals surface area contributed by atoms with Crippen molar-refractivity contribution in [2.75, 3.05) is 0 Å². The maximum atomic E-state index is 10.2. The molecular weight excluding hydrogens is 256 g/mol. The summed E-state index contributed by atoms with van der Waals surface area (Å²) in [6.45, 7) is 2.28. The number of rotatable bonds is 17. The van der Waals surface area contributed by atoms with Gasteiger partial charge in [0.15, 0.2) is 0 Å². The van der Waals surface area contributed by atoms with Gasteiger partial charge in [0.2, 0.25) is 0 Å². The SMILES string of the molecule is CCCCCCCCCCCC=CCCCCCCC=O. The molecule has 21 heavy (non-hydrogen) atoms. The van der Waals surface area contributed by atoms with Crippen LogP contribution in [0.15, 0.2) is 12.2 Å². The Bertz CT molecular complexity index is 220. The summed E-state index contributed by atoms with van der Waals surface area (Å²) in [7, 11) is 0. The van der Waals surface area contributed by atoms with Gasteiger partial charge in [-0.1, -0.05) is 83.3 Å². The van der Waals surface area contributed by atoms with Gasteiger partial charge in [-0.2, -0.15) is 0 Å². The predicted molar refractivity (Wildman–Crippen MR) is 94.8 cm³/mol. The Labute approximate surface area is 133 Å². The van der Waals surface area contributed by atoms with Gasteiger partial charge in [-0.3, -0.25) is 0 Å². The summed E-state index contributed by atoms with van der Waals surface area (Å²) in [5.41, 5.74) is 0. The molecule has 0 N–H and O–H groups in total. The predicted octanol–water partition coefficient (Wildman–Crippen LogP) is 7.00. The number of carbonyl (C=O) groups is 1. The molecular formula is C20H38O. The van der Waals surface area contributed by atoms with Crippen LogP contribution in [-0.4, -0.2) is 6.29 Å². The summed E-state index contributed by atoms with van der Waals surface area (Å²) in [6.07, 6.45) is 26.6. The number of hydrogen-bond acceptors (Lipinski definition) is 1. The van der Waals surface area contributed by atoms with E-state index in [1.54, 1.807) is 0 Å². The van der Waals surface area contributed by atoms with Crippen molar-refractivity contribution >= 4 is 6.29 Å². The third kappa shape index (κ3) is 19.4. The molecule has 0 aliphatic carbocycles. The highest BCUT2D eigenvalue weighted by Gasteiger charge is 1.91. The fourth-order valence-corrected chi connectivity index (χ4v) is 2.65. The van der Waals surface area contributed by atoms with E-state index < -0.39 is 0 Å². The van der Waals surface area contributed by atoms with E-state index in [2.05, 4.69) is 19.1 Å². The van der Waals surface area contributed by atoms with Crippen molar-refractivity contribution < 1.29 is 4.79 Å². The standard InChI is InChI=1S/C20H38O/c1-2-3-4-5-6-7-8-9-10-11-12-13-14-15-16-17-18-19-20-21/h12-13,20H,2-11,14-19H2,1H3. The third-order valence-electron chi connectivity index (χ3n) is 4.08. The minimum absolute atomic E-state index is 0.744. The van der Waals surface area contributed by atoms with E-state index in [0.717, 1.165) is 19.1 Å². The monoisotopic (exact) mass is 294 g/mol. The third-order valence-corrected chi connectivity index (χ3v) is 4.08. The molecule has 0 aliphatic rings. The van der Waals surface area contributed by atoms with Gasteiger partial charge in [0.05, 0.1) is 0 Å². The van der Waals surface area contributed by atoms with Crippen LogP contribution in [0.25, 0.3) is 0 Å². The minimum Gasteiger partial charge on any atom is -0.303 e. The molecule has 1 heteroatoms. The van der Waals surface area contributed by atoms with Crippen LogP contribution in [0.2, 0.25) is 0 Å². The molecule has 1 nitrogen and oxygen atoms in total. The quantitative estimate of drug-likeness (QED) is 0.160. The molecule has 0 spiro atoms. The molecule has 0 heterocycles. The molecule has 0 saturated heterocycles. The van der Waals surface area contributed by atoms with Crippen molar-refractivity contribution in [1.82, 2.24) is 0 Å². The summed E-state index contributed by atoms with van der Waals surface area (Å²) in [5.74, 6) is 0. The van der Waals surface area contributed by atoms with Crippen LogP contribution in [0.1, 0.15) is 110 Å². The lowest BCUT2D eigenvalue weighted by Gasteiger charge is -2.00. The van der Waals surface area contributed by atoms with Crippen LogP contribution in [0.4, 0.5) is 0 Å². The lowest BCUT2D eigenvalue weighted by atomic mass is 10.1. The summed E-state index contributed by atoms with van der Waals surface area (Å²) < 4.78 is 0. The second-order valence-electron chi connectivity index (χ2n) is 6.25. The van der Waals surface area contributed by atoms with Crippen molar-refractivity contribution in [1.29, 1.82) is 0 Å². The van der Waals surface area contributed by atoms with Crippen molar-refractivity contribution in [3.8, 4) is 0 Å². The zero-order valence-corrected chi connectivity index (χ0v) is 14.5. The first-order chi connectivity index (χ1) is 10.4. The fraction of sp³-hybridized carbons (Fsp3) is 0.850. The van der Waals surface area contributed by atoms with Gasteiger partial charge in [-0.05, 0) is 32.1 Å². The highest BCUT2D eigenvalue weighted by molar-refractivity contribution is 5.48. The second kappa shape index (κ2) is 19.4. The highest BCUT2D eigenvalue weighted by atomic mass is 16.1. The first-order valence-electron chi connectivity index (χ1n) is 9.50. The molecule has 124 valence electrons. The molecule has 0 rings (SSSR count). The zero-order chi connectivity index (χ0) is 15.4. The number of hydrogen-bond donors (Lipinski definition) is 0. The van der Waals surface area contributed by atoms with Crippen LogP contribution in [-0.2, 0) is 4.79 Å². The van der Waals surface area contributed by atoms with Crippen LogP contribution in [0, 0.1) is 0 Å². The molecule has 0 bridgehead atoms. The van der Waals surface area contributed by atoms with Crippen LogP contribution in [0.5, 0.6) is 0 Å². The van der Waals surface area contributed by atoms with Gasteiger partial charge in [0.1, 0.15) is 6.29 Å². The molecule has 0 aromatic rings. The van der Waals surface area contributed by atoms with Gasteiger partial charge in [-0.15, -0.1) is 0 Å². The topological polar surface area (TPSA) is 17.1 Å². The molecule has 0 aliphatic heterocycles. The average molecular weight is 295 g/mol. The Morgan fingerprint density at radius 1 is 0.524 bits per heavy atom. The lowest BCUT2D eigenvalue weighted by molar-refractivity contribution is -0.107. The molecule has 0 saturated carbocycles. The van der Waals surface area contributed by atoms with E-state index >= 15 is 0 Å². The summed E-state index contributed by atoms with van der Waals surface area (Å²) >= 11 is 0. The number of unbranched alkanes of at least 4 members (excludes halogenated alkanes) is 14. The van der Waals surface area contributed by atoms with E-state index in [-0.39, 0.29) is 0 Å². The van der Waals surface area contributed by atoms with Crippen molar-refractivity contribution in [3.05, 3.63) is 12.2 Å². The van der Waals surface area contributed by atoms with E-state index in [1.807, 2.05) is 0 Å². The molecule has 0 unspecified atom stereocenters. The summed E-state index contributed by atoms with van der Waals surface area (Å²) in [5, 5.41) is 0. The van der Waals surface area contributed by atoms with Crippen LogP contribution in [0.3, 0.4) is 0 Å². The summed E-state index contributed by atoms with van der Waals surface area (Å²) in [4.78, 5) is 10.2. The molecule has 0 aromatic carbocycles. The number of aldehydes is 1. The van der Waals surface area contributed by atoms with E-state index in [9.17, 15) is 4.79 Å². The Morgan fingerprint density at radius 3 is 1.33 bits per heavy atom. The van der Waals surface area contributed by atoms with Gasteiger partial charge >= 0.3 is 0 Å². The van der Waals surface area contributed by atoms with Crippen molar-refractivity contribution in [3.63, 3.8) is 0 Å². The largest absolute Gasteiger partial charge is 0.303 e. The second-order valence-corrected chi connectivity index (χ2v) is 6.25. The zero-order valence-electron chi connectivity index (χ0n) is 14.5. The summed E-state index contributed by atoms with van der Waals surface area (Å²) in [6, 6.07) is 0. The van der Waals surface area contributed by atoms with Crippen molar-refractivity contribution in [2.24, 2.45) is 0 Å². The van der Waals surface area contributed by atoms with Gasteiger partial charge in [-0.25, -0.2) is 0 Å². The van der Waals surface area contributed by atoms with Crippen molar-refractivity contribution in [2.45, 2.75) is 110 Å². The smallest absolute Gasteiger partial charge is 0.119 e. The fourth-order valence-electron chi connectivity index (χ4n) is 2.65. The Balaban J connectivity index is 3.03. The van der Waals surface area contributed by atoms with E-state index in [4.69, 9.17) is 0 Å². The molecule has 0 amide bonds. The van der Waals surface area contributed by atoms with Gasteiger partial charge in [0, 0.05) is 6.42 Å². The van der Waals surface area contributed by atoms with Gasteiger partial charge < -0.3 is 4.79 Å². The maximum Gasteiger partial charge on any atom is 0.119 e. The maximum absolute atomic E-state index is 10.2. The van der Waals surface area contributed by atoms with Crippen LogP contribution >= 0.6 is 0 Å². The number of carbonyl (C=O) groups excluding carboxylic acids is 1. The average Bonchev–Trinajstić information content (AvgIpc) is 2.50. The molecule has 0 atom stereocenters. The number of allylic oxidation sites excluding steroid dienone is 2. The Hall–Kier alpha value is -0.590. The molecule has 0 radical (unpaired) electrons. The molecule has 0 aromatic heterocycles. The van der Waals surface area contributed by atoms with Crippen LogP contribution < -0.4 is 0 Å². The highest BCUT2D eigenvalue weighted by Crippen LogP contribution is 2.11. The van der Waals surface area contributed by atoms with E-state index in [0.29, 0.717) is 0 Å². The first-order valence-corrected chi connectivity index (χ1v) is 9.50. The Kier molecular flexibility index (Phi) is 18.9. The lowest BCUT2D eigenvalue weighted by Crippen LogP contribution is -1.81. The first kappa shape index (κ1) is 20.4.